The van der Waals surface area contributed by atoms with Crippen LogP contribution in [0.1, 0.15) is 35.3 Å². The summed E-state index contributed by atoms with van der Waals surface area (Å²) in [7, 11) is 0. The van der Waals surface area contributed by atoms with Gasteiger partial charge in [-0.1, -0.05) is 48.9 Å². The lowest BCUT2D eigenvalue weighted by molar-refractivity contribution is 0.0697. The number of carbonyl (C=O) groups is 1. The quantitative estimate of drug-likeness (QED) is 0.817. The lowest BCUT2D eigenvalue weighted by atomic mass is 10.0. The van der Waals surface area contributed by atoms with Gasteiger partial charge in [-0.15, -0.1) is 0 Å². The van der Waals surface area contributed by atoms with Gasteiger partial charge in [0.25, 0.3) is 0 Å². The van der Waals surface area contributed by atoms with Crippen LogP contribution in [0, 0.1) is 0 Å². The number of halogens is 1. The SMILES string of the molecule is CCC(Nc1nc(Cl)ccc1C(=O)O)c1ccccc1. The molecule has 1 heterocycles. The van der Waals surface area contributed by atoms with Crippen molar-refractivity contribution in [3.8, 4) is 0 Å². The van der Waals surface area contributed by atoms with Crippen molar-refractivity contribution in [1.82, 2.24) is 4.98 Å². The zero-order chi connectivity index (χ0) is 14.5. The van der Waals surface area contributed by atoms with E-state index in [-0.39, 0.29) is 16.8 Å². The zero-order valence-corrected chi connectivity index (χ0v) is 11.8. The summed E-state index contributed by atoms with van der Waals surface area (Å²) in [5.41, 5.74) is 1.19. The van der Waals surface area contributed by atoms with Gasteiger partial charge in [-0.05, 0) is 24.1 Å². The Kier molecular flexibility index (Phi) is 4.58. The monoisotopic (exact) mass is 290 g/mol. The molecule has 2 rings (SSSR count). The third kappa shape index (κ3) is 3.27. The molecule has 5 heteroatoms. The Labute approximate surface area is 122 Å². The summed E-state index contributed by atoms with van der Waals surface area (Å²) < 4.78 is 0. The van der Waals surface area contributed by atoms with Gasteiger partial charge in [0, 0.05) is 0 Å². The molecule has 1 unspecified atom stereocenters. The maximum atomic E-state index is 11.2. The van der Waals surface area contributed by atoms with E-state index in [1.54, 1.807) is 0 Å². The van der Waals surface area contributed by atoms with Gasteiger partial charge in [-0.25, -0.2) is 9.78 Å². The molecule has 4 nitrogen and oxygen atoms in total. The fraction of sp³-hybridized carbons (Fsp3) is 0.200. The normalized spacial score (nSPS) is 11.9. The van der Waals surface area contributed by atoms with Crippen LogP contribution in [0.25, 0.3) is 0 Å². The minimum Gasteiger partial charge on any atom is -0.478 e. The lowest BCUT2D eigenvalue weighted by Crippen LogP contribution is -2.14. The molecule has 1 aromatic carbocycles. The summed E-state index contributed by atoms with van der Waals surface area (Å²) >= 11 is 5.85. The second-order valence-corrected chi connectivity index (χ2v) is 4.74. The molecule has 0 aliphatic carbocycles. The number of nitrogens with one attached hydrogen (secondary N) is 1. The van der Waals surface area contributed by atoms with E-state index >= 15 is 0 Å². The predicted octanol–water partition coefficient (Wildman–Crippen LogP) is 4.00. The molecule has 0 radical (unpaired) electrons. The van der Waals surface area contributed by atoms with E-state index in [9.17, 15) is 9.90 Å². The molecule has 0 aliphatic rings. The minimum atomic E-state index is -1.03. The number of aromatic carboxylic acids is 1. The second-order valence-electron chi connectivity index (χ2n) is 4.35. The van der Waals surface area contributed by atoms with Crippen molar-refractivity contribution < 1.29 is 9.90 Å². The smallest absolute Gasteiger partial charge is 0.339 e. The van der Waals surface area contributed by atoms with E-state index in [4.69, 9.17) is 11.6 Å². The van der Waals surface area contributed by atoms with Crippen LogP contribution in [-0.2, 0) is 0 Å². The molecule has 1 atom stereocenters. The van der Waals surface area contributed by atoms with Gasteiger partial charge in [0.1, 0.15) is 16.5 Å². The van der Waals surface area contributed by atoms with Crippen molar-refractivity contribution in [2.75, 3.05) is 5.32 Å². The van der Waals surface area contributed by atoms with Gasteiger partial charge in [0.05, 0.1) is 6.04 Å². The van der Waals surface area contributed by atoms with E-state index in [1.165, 1.54) is 12.1 Å². The molecule has 2 N–H and O–H groups in total. The van der Waals surface area contributed by atoms with Crippen molar-refractivity contribution in [3.63, 3.8) is 0 Å². The van der Waals surface area contributed by atoms with Gasteiger partial charge in [-0.3, -0.25) is 0 Å². The molecule has 0 amide bonds. The number of hydrogen-bond acceptors (Lipinski definition) is 3. The summed E-state index contributed by atoms with van der Waals surface area (Å²) in [6, 6.07) is 12.7. The summed E-state index contributed by atoms with van der Waals surface area (Å²) in [6.07, 6.45) is 0.803. The van der Waals surface area contributed by atoms with Crippen LogP contribution in [-0.4, -0.2) is 16.1 Å². The molecule has 0 saturated carbocycles. The third-order valence-electron chi connectivity index (χ3n) is 3.01. The largest absolute Gasteiger partial charge is 0.478 e. The van der Waals surface area contributed by atoms with Crippen molar-refractivity contribution in [3.05, 3.63) is 58.7 Å². The van der Waals surface area contributed by atoms with E-state index < -0.39 is 5.97 Å². The van der Waals surface area contributed by atoms with E-state index in [0.717, 1.165) is 12.0 Å². The average molecular weight is 291 g/mol. The predicted molar refractivity (Wildman–Crippen MR) is 79.3 cm³/mol. The zero-order valence-electron chi connectivity index (χ0n) is 11.0. The first-order valence-electron chi connectivity index (χ1n) is 6.33. The number of hydrogen-bond donors (Lipinski definition) is 2. The van der Waals surface area contributed by atoms with E-state index in [2.05, 4.69) is 10.3 Å². The number of anilines is 1. The number of aromatic nitrogens is 1. The third-order valence-corrected chi connectivity index (χ3v) is 3.22. The molecule has 0 saturated heterocycles. The van der Waals surface area contributed by atoms with Crippen LogP contribution in [0.3, 0.4) is 0 Å². The van der Waals surface area contributed by atoms with Crippen LogP contribution in [0.15, 0.2) is 42.5 Å². The number of nitrogens with zero attached hydrogens (tertiary/aromatic N) is 1. The van der Waals surface area contributed by atoms with Gasteiger partial charge in [0.2, 0.25) is 0 Å². The van der Waals surface area contributed by atoms with Crippen LogP contribution < -0.4 is 5.32 Å². The topological polar surface area (TPSA) is 62.2 Å². The Morgan fingerprint density at radius 3 is 2.60 bits per heavy atom. The standard InChI is InChI=1S/C15H15ClN2O2/c1-2-12(10-6-4-3-5-7-10)17-14-11(15(19)20)8-9-13(16)18-14/h3-9,12H,2H2,1H3,(H,17,18)(H,19,20). The first-order chi connectivity index (χ1) is 9.61. The van der Waals surface area contributed by atoms with Crippen LogP contribution in [0.5, 0.6) is 0 Å². The highest BCUT2D eigenvalue weighted by atomic mass is 35.5. The van der Waals surface area contributed by atoms with Crippen molar-refractivity contribution in [2.45, 2.75) is 19.4 Å². The first kappa shape index (κ1) is 14.3. The van der Waals surface area contributed by atoms with Crippen molar-refractivity contribution in [1.29, 1.82) is 0 Å². The Morgan fingerprint density at radius 2 is 2.00 bits per heavy atom. The van der Waals surface area contributed by atoms with E-state index in [0.29, 0.717) is 5.82 Å². The van der Waals surface area contributed by atoms with Gasteiger partial charge in [-0.2, -0.15) is 0 Å². The lowest BCUT2D eigenvalue weighted by Gasteiger charge is -2.19. The molecule has 0 fully saturated rings. The summed E-state index contributed by atoms with van der Waals surface area (Å²) in [5, 5.41) is 12.6. The highest BCUT2D eigenvalue weighted by molar-refractivity contribution is 6.29. The van der Waals surface area contributed by atoms with Crippen LogP contribution in [0.2, 0.25) is 5.15 Å². The molecule has 20 heavy (non-hydrogen) atoms. The van der Waals surface area contributed by atoms with Gasteiger partial charge >= 0.3 is 5.97 Å². The average Bonchev–Trinajstić information content (AvgIpc) is 2.45. The van der Waals surface area contributed by atoms with Gasteiger partial charge in [0.15, 0.2) is 0 Å². The van der Waals surface area contributed by atoms with Gasteiger partial charge < -0.3 is 10.4 Å². The number of benzene rings is 1. The fourth-order valence-corrected chi connectivity index (χ4v) is 2.14. The molecule has 0 aliphatic heterocycles. The first-order valence-corrected chi connectivity index (χ1v) is 6.71. The van der Waals surface area contributed by atoms with Crippen LogP contribution in [0.4, 0.5) is 5.82 Å². The van der Waals surface area contributed by atoms with E-state index in [1.807, 2.05) is 37.3 Å². The maximum Gasteiger partial charge on any atom is 0.339 e. The fourth-order valence-electron chi connectivity index (χ4n) is 1.99. The Bertz CT molecular complexity index is 602. The number of carboxylic acids is 1. The number of pyridine rings is 1. The molecule has 2 aromatic rings. The molecule has 0 spiro atoms. The number of rotatable bonds is 5. The molecule has 1 aromatic heterocycles. The Morgan fingerprint density at radius 1 is 1.30 bits per heavy atom. The minimum absolute atomic E-state index is 0.0136. The highest BCUT2D eigenvalue weighted by Crippen LogP contribution is 2.24. The van der Waals surface area contributed by atoms with Crippen molar-refractivity contribution in [2.24, 2.45) is 0 Å². The maximum absolute atomic E-state index is 11.2. The molecular formula is C15H15ClN2O2. The molecular weight excluding hydrogens is 276 g/mol. The summed E-state index contributed by atoms with van der Waals surface area (Å²) in [5.74, 6) is -0.736. The Hall–Kier alpha value is -2.07. The second kappa shape index (κ2) is 6.39. The summed E-state index contributed by atoms with van der Waals surface area (Å²) in [4.78, 5) is 15.3. The Balaban J connectivity index is 2.32. The molecule has 0 bridgehead atoms. The molecule has 104 valence electrons. The van der Waals surface area contributed by atoms with Crippen LogP contribution >= 0.6 is 11.6 Å². The highest BCUT2D eigenvalue weighted by Gasteiger charge is 2.16. The number of carboxylic acid groups (broad SMARTS) is 1. The summed E-state index contributed by atoms with van der Waals surface area (Å²) in [6.45, 7) is 2.02. The van der Waals surface area contributed by atoms with Crippen molar-refractivity contribution >= 4 is 23.4 Å².